The van der Waals surface area contributed by atoms with Crippen LogP contribution >= 0.6 is 0 Å². The summed E-state index contributed by atoms with van der Waals surface area (Å²) in [7, 11) is 8.22. The zero-order valence-corrected chi connectivity index (χ0v) is 17.2. The van der Waals surface area contributed by atoms with E-state index in [9.17, 15) is 0 Å². The fourth-order valence-electron chi connectivity index (χ4n) is 0. The maximum absolute atomic E-state index is 2.12. The van der Waals surface area contributed by atoms with Gasteiger partial charge in [0.1, 0.15) is 0 Å². The Balaban J connectivity index is -0.0000000369. The van der Waals surface area contributed by atoms with Gasteiger partial charge in [-0.2, -0.15) is 0 Å². The minimum absolute atomic E-state index is 0. The van der Waals surface area contributed by atoms with E-state index in [0.29, 0.717) is 0 Å². The Morgan fingerprint density at radius 3 is 0.529 bits per heavy atom. The van der Waals surface area contributed by atoms with Crippen LogP contribution in [0, 0.1) is 0 Å². The summed E-state index contributed by atoms with van der Waals surface area (Å²) in [5, 5.41) is 8.50. The number of quaternary nitrogens is 4. The molecule has 17 heavy (non-hydrogen) atoms. The van der Waals surface area contributed by atoms with Crippen LogP contribution in [0.2, 0.25) is 0 Å². The Morgan fingerprint density at radius 2 is 0.529 bits per heavy atom. The van der Waals surface area contributed by atoms with Crippen molar-refractivity contribution >= 4 is 0 Å². The molecule has 0 aliphatic rings. The SMILES string of the molecule is CC[NH2+]C.CC[NH2+]C.CC[NH2+]C.CC[NH2+]C.[Hf+4]. The van der Waals surface area contributed by atoms with Crippen molar-refractivity contribution in [2.45, 2.75) is 27.7 Å². The first kappa shape index (κ1) is 30.6. The molecule has 0 aliphatic heterocycles. The molecule has 0 bridgehead atoms. The van der Waals surface area contributed by atoms with E-state index in [4.69, 9.17) is 0 Å². The summed E-state index contributed by atoms with van der Waals surface area (Å²) < 4.78 is 0. The van der Waals surface area contributed by atoms with E-state index in [1.807, 2.05) is 0 Å². The first-order valence-electron chi connectivity index (χ1n) is 6.77. The van der Waals surface area contributed by atoms with Gasteiger partial charge in [-0.3, -0.25) is 0 Å². The second-order valence-corrected chi connectivity index (χ2v) is 3.27. The molecule has 0 aliphatic carbocycles. The molecule has 0 unspecified atom stereocenters. The number of hydrogen-bond donors (Lipinski definition) is 4. The molecule has 0 heterocycles. The van der Waals surface area contributed by atoms with Crippen LogP contribution in [0.3, 0.4) is 0 Å². The third kappa shape index (κ3) is 163. The predicted octanol–water partition coefficient (Wildman–Crippen LogP) is -3.20. The van der Waals surface area contributed by atoms with E-state index in [1.54, 1.807) is 0 Å². The van der Waals surface area contributed by atoms with Gasteiger partial charge in [0.25, 0.3) is 0 Å². The molecule has 0 aromatic heterocycles. The van der Waals surface area contributed by atoms with Crippen molar-refractivity contribution in [3.63, 3.8) is 0 Å². The molecule has 0 atom stereocenters. The summed E-state index contributed by atoms with van der Waals surface area (Å²) in [6, 6.07) is 0. The summed E-state index contributed by atoms with van der Waals surface area (Å²) >= 11 is 0. The van der Waals surface area contributed by atoms with Crippen LogP contribution in [-0.4, -0.2) is 54.4 Å². The summed E-state index contributed by atoms with van der Waals surface area (Å²) in [5.41, 5.74) is 0. The van der Waals surface area contributed by atoms with E-state index < -0.39 is 0 Å². The second-order valence-electron chi connectivity index (χ2n) is 3.27. The van der Waals surface area contributed by atoms with Gasteiger partial charge in [-0.1, -0.05) is 0 Å². The Kier molecular flexibility index (Phi) is 97.9. The van der Waals surface area contributed by atoms with Crippen molar-refractivity contribution in [3.8, 4) is 0 Å². The molecule has 0 saturated heterocycles. The van der Waals surface area contributed by atoms with Gasteiger partial charge < -0.3 is 21.3 Å². The average Bonchev–Trinajstić information content (AvgIpc) is 2.39. The van der Waals surface area contributed by atoms with Gasteiger partial charge in [0.15, 0.2) is 0 Å². The molecule has 0 aromatic carbocycles. The molecule has 0 amide bonds. The fourth-order valence-corrected chi connectivity index (χ4v) is 0. The van der Waals surface area contributed by atoms with Gasteiger partial charge in [-0.25, -0.2) is 0 Å². The summed E-state index contributed by atoms with van der Waals surface area (Å²) in [5.74, 6) is 0. The van der Waals surface area contributed by atoms with E-state index in [-0.39, 0.29) is 25.8 Å². The smallest absolute Gasteiger partial charge is 0.349 e. The molecule has 0 rings (SSSR count). The zero-order valence-electron chi connectivity index (χ0n) is 13.6. The first-order chi connectivity index (χ1) is 7.66. The zero-order chi connectivity index (χ0) is 13.7. The van der Waals surface area contributed by atoms with E-state index >= 15 is 0 Å². The molecule has 4 nitrogen and oxygen atoms in total. The van der Waals surface area contributed by atoms with Crippen LogP contribution < -0.4 is 21.3 Å². The third-order valence-electron chi connectivity index (χ3n) is 1.63. The normalized spacial score (nSPS) is 7.06. The largest absolute Gasteiger partial charge is 4.00 e. The molecule has 0 spiro atoms. The molecule has 0 saturated carbocycles. The van der Waals surface area contributed by atoms with Gasteiger partial charge in [-0.05, 0) is 27.7 Å². The van der Waals surface area contributed by atoms with Crippen molar-refractivity contribution < 1.29 is 47.1 Å². The van der Waals surface area contributed by atoms with Gasteiger partial charge in [0.05, 0.1) is 54.4 Å². The van der Waals surface area contributed by atoms with Gasteiger partial charge >= 0.3 is 25.8 Å². The molecular formula is C12H40HfN4+8. The van der Waals surface area contributed by atoms with Crippen LogP contribution in [0.4, 0.5) is 0 Å². The number of nitrogens with two attached hydrogens (primary N) is 4. The Labute approximate surface area is 129 Å². The minimum atomic E-state index is 0. The average molecular weight is 419 g/mol. The Hall–Kier alpha value is 0.710. The Morgan fingerprint density at radius 1 is 0.471 bits per heavy atom. The van der Waals surface area contributed by atoms with Crippen molar-refractivity contribution in [2.75, 3.05) is 54.4 Å². The monoisotopic (exact) mass is 420 g/mol. The Bertz CT molecular complexity index is 42.5. The van der Waals surface area contributed by atoms with Crippen molar-refractivity contribution in [1.82, 2.24) is 0 Å². The van der Waals surface area contributed by atoms with Crippen LogP contribution in [0.5, 0.6) is 0 Å². The maximum Gasteiger partial charge on any atom is 4.00 e. The van der Waals surface area contributed by atoms with Crippen LogP contribution in [0.1, 0.15) is 27.7 Å². The van der Waals surface area contributed by atoms with Gasteiger partial charge in [0.2, 0.25) is 0 Å². The summed E-state index contributed by atoms with van der Waals surface area (Å²) in [4.78, 5) is 0. The van der Waals surface area contributed by atoms with E-state index in [0.717, 1.165) is 0 Å². The molecular weight excluding hydrogens is 379 g/mol. The van der Waals surface area contributed by atoms with Crippen LogP contribution in [0.15, 0.2) is 0 Å². The van der Waals surface area contributed by atoms with E-state index in [2.05, 4.69) is 77.2 Å². The number of rotatable bonds is 4. The second kappa shape index (κ2) is 54.4. The van der Waals surface area contributed by atoms with Gasteiger partial charge in [-0.15, -0.1) is 0 Å². The first-order valence-corrected chi connectivity index (χ1v) is 6.77. The standard InChI is InChI=1S/4C3H9N.Hf/c4*1-3-4-2;/h4*4H,3H2,1-2H3;/q;;;;+4/p+4. The topological polar surface area (TPSA) is 66.4 Å². The summed E-state index contributed by atoms with van der Waals surface area (Å²) in [6.07, 6.45) is 0. The third-order valence-corrected chi connectivity index (χ3v) is 1.63. The minimum Gasteiger partial charge on any atom is -0.349 e. The molecule has 0 fully saturated rings. The van der Waals surface area contributed by atoms with Crippen LogP contribution in [-0.2, 0) is 25.8 Å². The predicted molar refractivity (Wildman–Crippen MR) is 73.6 cm³/mol. The number of hydrogen-bond acceptors (Lipinski definition) is 0. The van der Waals surface area contributed by atoms with Crippen LogP contribution in [0.25, 0.3) is 0 Å². The maximum atomic E-state index is 2.12. The molecule has 8 N–H and O–H groups in total. The summed E-state index contributed by atoms with van der Waals surface area (Å²) in [6.45, 7) is 13.3. The molecule has 0 aromatic rings. The molecule has 0 radical (unpaired) electrons. The van der Waals surface area contributed by atoms with Crippen molar-refractivity contribution in [1.29, 1.82) is 0 Å². The quantitative estimate of drug-likeness (QED) is 0.347. The fraction of sp³-hybridized carbons (Fsp3) is 1.00. The molecule has 5 heteroatoms. The van der Waals surface area contributed by atoms with Gasteiger partial charge in [0, 0.05) is 0 Å². The van der Waals surface area contributed by atoms with Crippen molar-refractivity contribution in [3.05, 3.63) is 0 Å². The van der Waals surface area contributed by atoms with Crippen molar-refractivity contribution in [2.24, 2.45) is 0 Å². The molecule has 104 valence electrons. The van der Waals surface area contributed by atoms with E-state index in [1.165, 1.54) is 26.2 Å².